The Morgan fingerprint density at radius 2 is 2.25 bits per heavy atom. The Hall–Kier alpha value is -0.920. The Morgan fingerprint density at radius 3 is 2.50 bits per heavy atom. The van der Waals surface area contributed by atoms with Gasteiger partial charge in [0.05, 0.1) is 6.26 Å². The van der Waals surface area contributed by atoms with Crippen LogP contribution in [0.2, 0.25) is 0 Å². The minimum atomic E-state index is 0.894. The van der Waals surface area contributed by atoms with Crippen LogP contribution in [0.3, 0.4) is 0 Å². The summed E-state index contributed by atoms with van der Waals surface area (Å²) >= 11 is 0. The van der Waals surface area contributed by atoms with Crippen molar-refractivity contribution < 1.29 is 4.42 Å². The largest absolute Gasteiger partial charge is 0.449 e. The van der Waals surface area contributed by atoms with E-state index in [9.17, 15) is 0 Å². The summed E-state index contributed by atoms with van der Waals surface area (Å²) in [6.45, 7) is 0. The highest BCUT2D eigenvalue weighted by Gasteiger charge is 1.92. The van der Waals surface area contributed by atoms with Gasteiger partial charge in [-0.1, -0.05) is 0 Å². The molecular formula is C6H9NO. The highest BCUT2D eigenvalue weighted by molar-refractivity contribution is 5.31. The third-order valence-corrected chi connectivity index (χ3v) is 0.947. The van der Waals surface area contributed by atoms with Crippen molar-refractivity contribution in [3.63, 3.8) is 0 Å². The summed E-state index contributed by atoms with van der Waals surface area (Å²) in [6.07, 6.45) is 1.66. The zero-order valence-corrected chi connectivity index (χ0v) is 5.09. The van der Waals surface area contributed by atoms with E-state index in [0.717, 1.165) is 5.88 Å². The molecule has 0 fully saturated rings. The maximum absolute atomic E-state index is 5.02. The third-order valence-electron chi connectivity index (χ3n) is 0.947. The second-order valence-corrected chi connectivity index (χ2v) is 1.85. The Balaban J connectivity index is 2.77. The van der Waals surface area contributed by atoms with Crippen LogP contribution in [0.1, 0.15) is 0 Å². The number of nitrogens with zero attached hydrogens (tertiary/aromatic N) is 1. The van der Waals surface area contributed by atoms with E-state index in [1.807, 2.05) is 31.1 Å². The van der Waals surface area contributed by atoms with Gasteiger partial charge in [-0.15, -0.1) is 0 Å². The molecule has 0 bridgehead atoms. The molecule has 0 radical (unpaired) electrons. The fourth-order valence-electron chi connectivity index (χ4n) is 0.524. The van der Waals surface area contributed by atoms with E-state index in [2.05, 4.69) is 0 Å². The lowest BCUT2D eigenvalue weighted by Crippen LogP contribution is -2.06. The van der Waals surface area contributed by atoms with Crippen molar-refractivity contribution in [2.75, 3.05) is 19.0 Å². The van der Waals surface area contributed by atoms with Crippen LogP contribution >= 0.6 is 0 Å². The van der Waals surface area contributed by atoms with Gasteiger partial charge in [-0.3, -0.25) is 0 Å². The van der Waals surface area contributed by atoms with E-state index < -0.39 is 0 Å². The Labute approximate surface area is 48.7 Å². The van der Waals surface area contributed by atoms with Crippen molar-refractivity contribution in [1.82, 2.24) is 0 Å². The molecule has 1 aromatic rings. The van der Waals surface area contributed by atoms with E-state index in [1.165, 1.54) is 0 Å². The number of furan rings is 1. The van der Waals surface area contributed by atoms with Crippen LogP contribution in [0.25, 0.3) is 0 Å². The minimum Gasteiger partial charge on any atom is -0.449 e. The van der Waals surface area contributed by atoms with Crippen LogP contribution in [0.15, 0.2) is 22.8 Å². The molecule has 2 nitrogen and oxygen atoms in total. The molecule has 0 aromatic carbocycles. The van der Waals surface area contributed by atoms with Crippen molar-refractivity contribution in [1.29, 1.82) is 0 Å². The standard InChI is InChI=1S/C6H9NO/c1-7(2)6-4-3-5-8-6/h3-5H,1-2H3. The molecule has 44 valence electrons. The summed E-state index contributed by atoms with van der Waals surface area (Å²) in [7, 11) is 3.89. The average Bonchev–Trinajstić information content (AvgIpc) is 2.12. The SMILES string of the molecule is CN(C)c1ccco1. The molecule has 0 saturated carbocycles. The molecular weight excluding hydrogens is 102 g/mol. The molecule has 0 aliphatic carbocycles. The molecule has 0 N–H and O–H groups in total. The summed E-state index contributed by atoms with van der Waals surface area (Å²) in [5.41, 5.74) is 0. The van der Waals surface area contributed by atoms with Gasteiger partial charge in [-0.25, -0.2) is 0 Å². The minimum absolute atomic E-state index is 0.894. The first-order chi connectivity index (χ1) is 3.80. The van der Waals surface area contributed by atoms with E-state index in [1.54, 1.807) is 6.26 Å². The summed E-state index contributed by atoms with van der Waals surface area (Å²) < 4.78 is 5.02. The molecule has 0 atom stereocenters. The van der Waals surface area contributed by atoms with Gasteiger partial charge in [0.25, 0.3) is 0 Å². The fraction of sp³-hybridized carbons (Fsp3) is 0.333. The van der Waals surface area contributed by atoms with Crippen LogP contribution in [0.4, 0.5) is 5.88 Å². The molecule has 0 aliphatic heterocycles. The number of rotatable bonds is 1. The van der Waals surface area contributed by atoms with Crippen LogP contribution in [-0.4, -0.2) is 14.1 Å². The zero-order chi connectivity index (χ0) is 5.98. The van der Waals surface area contributed by atoms with Crippen LogP contribution in [0, 0.1) is 0 Å². The van der Waals surface area contributed by atoms with E-state index in [-0.39, 0.29) is 0 Å². The Kier molecular flexibility index (Phi) is 1.24. The van der Waals surface area contributed by atoms with Gasteiger partial charge < -0.3 is 9.32 Å². The first-order valence-corrected chi connectivity index (χ1v) is 2.51. The van der Waals surface area contributed by atoms with Gasteiger partial charge in [0, 0.05) is 20.2 Å². The predicted molar refractivity (Wildman–Crippen MR) is 33.0 cm³/mol. The van der Waals surface area contributed by atoms with E-state index in [0.29, 0.717) is 0 Å². The molecule has 1 rings (SSSR count). The van der Waals surface area contributed by atoms with Crippen LogP contribution < -0.4 is 4.90 Å². The molecule has 0 spiro atoms. The Bertz CT molecular complexity index is 144. The summed E-state index contributed by atoms with van der Waals surface area (Å²) in [5.74, 6) is 0.894. The lowest BCUT2D eigenvalue weighted by molar-refractivity contribution is 0.565. The molecule has 1 heterocycles. The lowest BCUT2D eigenvalue weighted by Gasteiger charge is -2.04. The van der Waals surface area contributed by atoms with E-state index in [4.69, 9.17) is 4.42 Å². The first-order valence-electron chi connectivity index (χ1n) is 2.51. The van der Waals surface area contributed by atoms with Crippen molar-refractivity contribution in [2.45, 2.75) is 0 Å². The quantitative estimate of drug-likeness (QED) is 0.543. The lowest BCUT2D eigenvalue weighted by atomic mass is 10.6. The summed E-state index contributed by atoms with van der Waals surface area (Å²) in [6, 6.07) is 3.79. The van der Waals surface area contributed by atoms with Gasteiger partial charge in [0.15, 0.2) is 5.88 Å². The molecule has 1 aromatic heterocycles. The number of hydrogen-bond donors (Lipinski definition) is 0. The van der Waals surface area contributed by atoms with Gasteiger partial charge in [0.1, 0.15) is 0 Å². The molecule has 0 saturated heterocycles. The van der Waals surface area contributed by atoms with Crippen molar-refractivity contribution in [3.8, 4) is 0 Å². The summed E-state index contributed by atoms with van der Waals surface area (Å²) in [4.78, 5) is 1.92. The second-order valence-electron chi connectivity index (χ2n) is 1.85. The number of anilines is 1. The third kappa shape index (κ3) is 0.832. The normalized spacial score (nSPS) is 9.25. The van der Waals surface area contributed by atoms with Gasteiger partial charge in [-0.2, -0.15) is 0 Å². The molecule has 8 heavy (non-hydrogen) atoms. The number of hydrogen-bond acceptors (Lipinski definition) is 2. The molecule has 0 aliphatic rings. The molecule has 0 unspecified atom stereocenters. The van der Waals surface area contributed by atoms with Crippen molar-refractivity contribution in [3.05, 3.63) is 18.4 Å². The topological polar surface area (TPSA) is 16.4 Å². The first kappa shape index (κ1) is 5.22. The molecule has 2 heteroatoms. The smallest absolute Gasteiger partial charge is 0.194 e. The second kappa shape index (κ2) is 1.90. The fourth-order valence-corrected chi connectivity index (χ4v) is 0.524. The van der Waals surface area contributed by atoms with Gasteiger partial charge >= 0.3 is 0 Å². The highest BCUT2D eigenvalue weighted by Crippen LogP contribution is 2.08. The van der Waals surface area contributed by atoms with Crippen molar-refractivity contribution in [2.24, 2.45) is 0 Å². The highest BCUT2D eigenvalue weighted by atomic mass is 16.3. The molecule has 0 amide bonds. The van der Waals surface area contributed by atoms with Gasteiger partial charge in [0.2, 0.25) is 0 Å². The van der Waals surface area contributed by atoms with Crippen LogP contribution in [-0.2, 0) is 0 Å². The van der Waals surface area contributed by atoms with Crippen molar-refractivity contribution >= 4 is 5.88 Å². The zero-order valence-electron chi connectivity index (χ0n) is 5.09. The maximum Gasteiger partial charge on any atom is 0.194 e. The summed E-state index contributed by atoms with van der Waals surface area (Å²) in [5, 5.41) is 0. The Morgan fingerprint density at radius 1 is 1.50 bits per heavy atom. The maximum atomic E-state index is 5.02. The van der Waals surface area contributed by atoms with Gasteiger partial charge in [-0.05, 0) is 6.07 Å². The monoisotopic (exact) mass is 111 g/mol. The van der Waals surface area contributed by atoms with E-state index >= 15 is 0 Å². The predicted octanol–water partition coefficient (Wildman–Crippen LogP) is 1.35. The van der Waals surface area contributed by atoms with Crippen LogP contribution in [0.5, 0.6) is 0 Å². The average molecular weight is 111 g/mol.